The van der Waals surface area contributed by atoms with Crippen LogP contribution < -0.4 is 5.32 Å². The van der Waals surface area contributed by atoms with Crippen LogP contribution in [0.3, 0.4) is 0 Å². The third-order valence-electron chi connectivity index (χ3n) is 3.04. The van der Waals surface area contributed by atoms with Crippen LogP contribution in [0.4, 0.5) is 0 Å². The summed E-state index contributed by atoms with van der Waals surface area (Å²) in [5.41, 5.74) is 1.26. The van der Waals surface area contributed by atoms with Gasteiger partial charge in [-0.15, -0.1) is 0 Å². The molecule has 2 nitrogen and oxygen atoms in total. The lowest BCUT2D eigenvalue weighted by molar-refractivity contribution is 0.301. The summed E-state index contributed by atoms with van der Waals surface area (Å²) in [6.07, 6.45) is 0. The first kappa shape index (κ1) is 14.7. The Hall–Kier alpha value is 0.260. The number of benzene rings is 1. The second-order valence-electron chi connectivity index (χ2n) is 4.37. The van der Waals surface area contributed by atoms with Crippen LogP contribution in [0.5, 0.6) is 0 Å². The Bertz CT molecular complexity index is 383. The van der Waals surface area contributed by atoms with Gasteiger partial charge in [-0.05, 0) is 17.7 Å². The molecule has 0 bridgehead atoms. The van der Waals surface area contributed by atoms with Crippen molar-refractivity contribution in [3.63, 3.8) is 0 Å². The number of nitrogens with zero attached hydrogens (tertiary/aromatic N) is 1. The van der Waals surface area contributed by atoms with Gasteiger partial charge in [0.2, 0.25) is 0 Å². The molecule has 1 aromatic rings. The molecule has 1 aliphatic rings. The van der Waals surface area contributed by atoms with E-state index in [9.17, 15) is 0 Å². The monoisotopic (exact) mass is 348 g/mol. The maximum absolute atomic E-state index is 5.92. The minimum Gasteiger partial charge on any atom is -0.311 e. The average molecular weight is 350 g/mol. The Balaban J connectivity index is 1.68. The van der Waals surface area contributed by atoms with Crippen molar-refractivity contribution >= 4 is 39.3 Å². The first-order valence-corrected chi connectivity index (χ1v) is 8.53. The van der Waals surface area contributed by atoms with Gasteiger partial charge in [0.05, 0.1) is 0 Å². The number of rotatable bonds is 5. The normalized spacial score (nSPS) is 17.0. The van der Waals surface area contributed by atoms with E-state index in [1.54, 1.807) is 0 Å². The van der Waals surface area contributed by atoms with Crippen LogP contribution in [-0.4, -0.2) is 42.6 Å². The molecule has 18 heavy (non-hydrogen) atoms. The molecule has 1 N–H and O–H groups in total. The predicted molar refractivity (Wildman–Crippen MR) is 84.6 cm³/mol. The summed E-state index contributed by atoms with van der Waals surface area (Å²) in [6, 6.07) is 5.95. The second kappa shape index (κ2) is 7.75. The molecule has 0 spiro atoms. The molecular weight excluding hydrogens is 332 g/mol. The lowest BCUT2D eigenvalue weighted by Gasteiger charge is -2.26. The van der Waals surface area contributed by atoms with Crippen LogP contribution in [0.1, 0.15) is 5.56 Å². The van der Waals surface area contributed by atoms with Gasteiger partial charge in [0.15, 0.2) is 0 Å². The SMILES string of the molecule is Clc1ccc(CNCCN2CCSCC2)c(Br)c1. The van der Waals surface area contributed by atoms with Gasteiger partial charge in [0.1, 0.15) is 0 Å². The van der Waals surface area contributed by atoms with Crippen LogP contribution in [0, 0.1) is 0 Å². The van der Waals surface area contributed by atoms with Crippen molar-refractivity contribution in [1.29, 1.82) is 0 Å². The summed E-state index contributed by atoms with van der Waals surface area (Å²) in [5.74, 6) is 2.56. The van der Waals surface area contributed by atoms with Crippen molar-refractivity contribution in [2.75, 3.05) is 37.7 Å². The van der Waals surface area contributed by atoms with E-state index in [-0.39, 0.29) is 0 Å². The summed E-state index contributed by atoms with van der Waals surface area (Å²) < 4.78 is 1.08. The van der Waals surface area contributed by atoms with Gasteiger partial charge in [-0.2, -0.15) is 11.8 Å². The highest BCUT2D eigenvalue weighted by atomic mass is 79.9. The molecule has 1 heterocycles. The number of nitrogens with one attached hydrogen (secondary N) is 1. The van der Waals surface area contributed by atoms with E-state index in [2.05, 4.69) is 44.0 Å². The lowest BCUT2D eigenvalue weighted by Crippen LogP contribution is -2.37. The summed E-state index contributed by atoms with van der Waals surface area (Å²) in [6.45, 7) is 5.54. The fourth-order valence-corrected chi connectivity index (χ4v) is 3.75. The van der Waals surface area contributed by atoms with Crippen molar-refractivity contribution in [1.82, 2.24) is 10.2 Å². The molecule has 0 radical (unpaired) electrons. The molecule has 1 fully saturated rings. The van der Waals surface area contributed by atoms with Crippen molar-refractivity contribution in [2.45, 2.75) is 6.54 Å². The first-order chi connectivity index (χ1) is 8.75. The van der Waals surface area contributed by atoms with Crippen molar-refractivity contribution in [3.8, 4) is 0 Å². The molecule has 0 aromatic heterocycles. The van der Waals surface area contributed by atoms with Crippen LogP contribution in [-0.2, 0) is 6.54 Å². The molecule has 1 aromatic carbocycles. The Morgan fingerprint density at radius 2 is 2.11 bits per heavy atom. The average Bonchev–Trinajstić information content (AvgIpc) is 2.38. The molecule has 0 aliphatic carbocycles. The van der Waals surface area contributed by atoms with Gasteiger partial charge in [0, 0.05) is 53.7 Å². The summed E-state index contributed by atoms with van der Waals surface area (Å²) in [7, 11) is 0. The fourth-order valence-electron chi connectivity index (χ4n) is 1.95. The predicted octanol–water partition coefficient (Wildman–Crippen LogP) is 3.24. The van der Waals surface area contributed by atoms with E-state index >= 15 is 0 Å². The van der Waals surface area contributed by atoms with Gasteiger partial charge >= 0.3 is 0 Å². The van der Waals surface area contributed by atoms with Crippen LogP contribution in [0.2, 0.25) is 5.02 Å². The van der Waals surface area contributed by atoms with E-state index in [0.29, 0.717) is 0 Å². The zero-order valence-corrected chi connectivity index (χ0v) is 13.5. The molecule has 1 saturated heterocycles. The molecule has 0 unspecified atom stereocenters. The molecule has 100 valence electrons. The Labute approximate surface area is 127 Å². The van der Waals surface area contributed by atoms with Crippen LogP contribution >= 0.6 is 39.3 Å². The minimum absolute atomic E-state index is 0.774. The number of thioether (sulfide) groups is 1. The maximum atomic E-state index is 5.92. The van der Waals surface area contributed by atoms with Gasteiger partial charge < -0.3 is 10.2 Å². The van der Waals surface area contributed by atoms with E-state index in [0.717, 1.165) is 29.1 Å². The van der Waals surface area contributed by atoms with E-state index in [1.807, 2.05) is 12.1 Å². The van der Waals surface area contributed by atoms with Crippen molar-refractivity contribution in [2.24, 2.45) is 0 Å². The van der Waals surface area contributed by atoms with Gasteiger partial charge in [-0.3, -0.25) is 0 Å². The minimum atomic E-state index is 0.774. The second-order valence-corrected chi connectivity index (χ2v) is 6.88. The third kappa shape index (κ3) is 4.74. The molecule has 0 atom stereocenters. The lowest BCUT2D eigenvalue weighted by atomic mass is 10.2. The Kier molecular flexibility index (Phi) is 6.32. The van der Waals surface area contributed by atoms with E-state index in [1.165, 1.54) is 30.2 Å². The number of hydrogen-bond acceptors (Lipinski definition) is 3. The van der Waals surface area contributed by atoms with Crippen LogP contribution in [0.25, 0.3) is 0 Å². The standard InChI is InChI=1S/C13H18BrClN2S/c14-13-9-12(15)2-1-11(13)10-16-3-4-17-5-7-18-8-6-17/h1-2,9,16H,3-8,10H2. The smallest absolute Gasteiger partial charge is 0.0417 e. The van der Waals surface area contributed by atoms with Crippen molar-refractivity contribution < 1.29 is 0 Å². The molecule has 0 saturated carbocycles. The molecule has 1 aliphatic heterocycles. The fraction of sp³-hybridized carbons (Fsp3) is 0.538. The van der Waals surface area contributed by atoms with Gasteiger partial charge in [0.25, 0.3) is 0 Å². The number of halogens is 2. The molecule has 5 heteroatoms. The summed E-state index contributed by atoms with van der Waals surface area (Å²) in [4.78, 5) is 2.53. The summed E-state index contributed by atoms with van der Waals surface area (Å²) in [5, 5.41) is 4.26. The molecular formula is C13H18BrClN2S. The van der Waals surface area contributed by atoms with E-state index in [4.69, 9.17) is 11.6 Å². The highest BCUT2D eigenvalue weighted by Gasteiger charge is 2.09. The third-order valence-corrected chi connectivity index (χ3v) is 4.95. The zero-order valence-electron chi connectivity index (χ0n) is 10.3. The highest BCUT2D eigenvalue weighted by Crippen LogP contribution is 2.21. The topological polar surface area (TPSA) is 15.3 Å². The number of hydrogen-bond donors (Lipinski definition) is 1. The zero-order chi connectivity index (χ0) is 12.8. The highest BCUT2D eigenvalue weighted by molar-refractivity contribution is 9.10. The Morgan fingerprint density at radius 1 is 1.33 bits per heavy atom. The quantitative estimate of drug-likeness (QED) is 0.822. The Morgan fingerprint density at radius 3 is 2.83 bits per heavy atom. The summed E-state index contributed by atoms with van der Waals surface area (Å²) >= 11 is 11.5. The van der Waals surface area contributed by atoms with Gasteiger partial charge in [-0.1, -0.05) is 33.6 Å². The molecule has 2 rings (SSSR count). The molecule has 0 amide bonds. The van der Waals surface area contributed by atoms with E-state index < -0.39 is 0 Å². The van der Waals surface area contributed by atoms with Crippen LogP contribution in [0.15, 0.2) is 22.7 Å². The first-order valence-electron chi connectivity index (χ1n) is 6.20. The van der Waals surface area contributed by atoms with Gasteiger partial charge in [-0.25, -0.2) is 0 Å². The maximum Gasteiger partial charge on any atom is 0.0417 e. The largest absolute Gasteiger partial charge is 0.311 e. The van der Waals surface area contributed by atoms with Crippen molar-refractivity contribution in [3.05, 3.63) is 33.3 Å².